The molecule has 0 N–H and O–H groups in total. The lowest BCUT2D eigenvalue weighted by Crippen LogP contribution is -2.35. The molecule has 2 aliphatic rings. The zero-order valence-electron chi connectivity index (χ0n) is 11.3. The first-order valence-corrected chi connectivity index (χ1v) is 7.30. The summed E-state index contributed by atoms with van der Waals surface area (Å²) < 4.78 is 1.89. The van der Waals surface area contributed by atoms with Crippen LogP contribution in [-0.2, 0) is 11.8 Å². The summed E-state index contributed by atoms with van der Waals surface area (Å²) >= 11 is 1.60. The fourth-order valence-corrected chi connectivity index (χ4v) is 5.14. The van der Waals surface area contributed by atoms with Gasteiger partial charge in [-0.1, -0.05) is 32.5 Å². The zero-order chi connectivity index (χ0) is 13.1. The fraction of sp³-hybridized carbons (Fsp3) is 0.769. The van der Waals surface area contributed by atoms with Crippen LogP contribution in [0.15, 0.2) is 11.5 Å². The minimum Gasteiger partial charge on any atom is -0.312 e. The summed E-state index contributed by atoms with van der Waals surface area (Å²) in [7, 11) is 1.92. The average molecular weight is 265 g/mol. The highest BCUT2D eigenvalue weighted by Crippen LogP contribution is 2.67. The van der Waals surface area contributed by atoms with Crippen LogP contribution in [0.3, 0.4) is 0 Å². The first-order valence-electron chi connectivity index (χ1n) is 6.42. The average Bonchev–Trinajstić information content (AvgIpc) is 2.82. The minimum absolute atomic E-state index is 0.0362. The Balaban J connectivity index is 1.95. The molecule has 2 saturated carbocycles. The monoisotopic (exact) mass is 265 g/mol. The summed E-state index contributed by atoms with van der Waals surface area (Å²) in [6.07, 6.45) is 3.89. The summed E-state index contributed by atoms with van der Waals surface area (Å²) in [5.41, 5.74) is 0.200. The van der Waals surface area contributed by atoms with Crippen molar-refractivity contribution in [1.82, 2.24) is 14.8 Å². The molecule has 2 bridgehead atoms. The lowest BCUT2D eigenvalue weighted by atomic mass is 9.71. The van der Waals surface area contributed by atoms with Crippen molar-refractivity contribution in [2.24, 2.45) is 23.8 Å². The number of carbonyl (C=O) groups excluding carboxylic acids is 1. The van der Waals surface area contributed by atoms with Crippen molar-refractivity contribution >= 4 is 17.5 Å². The SMILES string of the molecule is Cn1cnnc1SC1C(=O)C2CCC1(C)C2(C)C. The molecule has 3 rings (SSSR count). The molecular formula is C13H19N3OS. The third kappa shape index (κ3) is 1.31. The second kappa shape index (κ2) is 3.59. The molecule has 1 heterocycles. The number of ketones is 1. The Labute approximate surface area is 112 Å². The van der Waals surface area contributed by atoms with E-state index in [0.717, 1.165) is 18.0 Å². The number of thioether (sulfide) groups is 1. The van der Waals surface area contributed by atoms with Gasteiger partial charge in [0.2, 0.25) is 0 Å². The number of aryl methyl sites for hydroxylation is 1. The Hall–Kier alpha value is -0.840. The van der Waals surface area contributed by atoms with Crippen LogP contribution in [-0.4, -0.2) is 25.8 Å². The highest BCUT2D eigenvalue weighted by Gasteiger charge is 2.66. The molecule has 98 valence electrons. The summed E-state index contributed by atoms with van der Waals surface area (Å²) in [5.74, 6) is 0.648. The van der Waals surface area contributed by atoms with Crippen LogP contribution in [0, 0.1) is 16.7 Å². The zero-order valence-corrected chi connectivity index (χ0v) is 12.1. The summed E-state index contributed by atoms with van der Waals surface area (Å²) in [4.78, 5) is 12.5. The molecule has 0 aliphatic heterocycles. The van der Waals surface area contributed by atoms with Crippen LogP contribution >= 0.6 is 11.8 Å². The van der Waals surface area contributed by atoms with Crippen molar-refractivity contribution in [1.29, 1.82) is 0 Å². The number of fused-ring (bicyclic) bond motifs is 2. The van der Waals surface area contributed by atoms with Crippen LogP contribution in [0.2, 0.25) is 0 Å². The number of hydrogen-bond donors (Lipinski definition) is 0. The van der Waals surface area contributed by atoms with Crippen molar-refractivity contribution in [3.05, 3.63) is 6.33 Å². The van der Waals surface area contributed by atoms with E-state index >= 15 is 0 Å². The Kier molecular flexibility index (Phi) is 2.44. The molecule has 3 unspecified atom stereocenters. The van der Waals surface area contributed by atoms with E-state index in [2.05, 4.69) is 31.0 Å². The maximum absolute atomic E-state index is 12.5. The molecule has 0 spiro atoms. The Morgan fingerprint density at radius 2 is 2.17 bits per heavy atom. The first-order chi connectivity index (χ1) is 8.38. The van der Waals surface area contributed by atoms with Gasteiger partial charge in [-0.15, -0.1) is 10.2 Å². The molecule has 0 saturated heterocycles. The van der Waals surface area contributed by atoms with E-state index in [1.807, 2.05) is 11.6 Å². The number of rotatable bonds is 2. The summed E-state index contributed by atoms with van der Waals surface area (Å²) in [5, 5.41) is 8.87. The molecule has 18 heavy (non-hydrogen) atoms. The van der Waals surface area contributed by atoms with E-state index < -0.39 is 0 Å². The second-order valence-electron chi connectivity index (χ2n) is 6.36. The van der Waals surface area contributed by atoms with Crippen molar-refractivity contribution in [2.45, 2.75) is 44.0 Å². The van der Waals surface area contributed by atoms with Gasteiger partial charge in [0.25, 0.3) is 0 Å². The van der Waals surface area contributed by atoms with Gasteiger partial charge in [-0.25, -0.2) is 0 Å². The molecule has 3 atom stereocenters. The van der Waals surface area contributed by atoms with Gasteiger partial charge in [0.15, 0.2) is 5.16 Å². The normalized spacial score (nSPS) is 37.4. The van der Waals surface area contributed by atoms with E-state index in [1.165, 1.54) is 0 Å². The standard InChI is InChI=1S/C13H19N3OS/c1-12(2)8-5-6-13(12,3)10(9(8)17)18-11-15-14-7-16(11)4/h7-8,10H,5-6H2,1-4H3. The molecule has 0 aromatic carbocycles. The van der Waals surface area contributed by atoms with Gasteiger partial charge in [-0.2, -0.15) is 0 Å². The number of carbonyl (C=O) groups is 1. The molecule has 5 heteroatoms. The third-order valence-electron chi connectivity index (χ3n) is 5.37. The second-order valence-corrected chi connectivity index (χ2v) is 7.43. The van der Waals surface area contributed by atoms with Crippen LogP contribution < -0.4 is 0 Å². The molecule has 2 fully saturated rings. The highest BCUT2D eigenvalue weighted by molar-refractivity contribution is 8.00. The van der Waals surface area contributed by atoms with Crippen LogP contribution in [0.25, 0.3) is 0 Å². The molecule has 0 radical (unpaired) electrons. The van der Waals surface area contributed by atoms with Gasteiger partial charge in [-0.3, -0.25) is 4.79 Å². The van der Waals surface area contributed by atoms with Gasteiger partial charge in [-0.05, 0) is 23.7 Å². The quantitative estimate of drug-likeness (QED) is 0.823. The predicted molar refractivity (Wildman–Crippen MR) is 70.3 cm³/mol. The molecule has 1 aromatic heterocycles. The van der Waals surface area contributed by atoms with Gasteiger partial charge in [0, 0.05) is 13.0 Å². The van der Waals surface area contributed by atoms with Crippen LogP contribution in [0.1, 0.15) is 33.6 Å². The Morgan fingerprint density at radius 3 is 2.67 bits per heavy atom. The smallest absolute Gasteiger partial charge is 0.191 e. The topological polar surface area (TPSA) is 47.8 Å². The third-order valence-corrected chi connectivity index (χ3v) is 6.94. The maximum Gasteiger partial charge on any atom is 0.191 e. The Morgan fingerprint density at radius 1 is 1.44 bits per heavy atom. The van der Waals surface area contributed by atoms with E-state index in [9.17, 15) is 4.79 Å². The summed E-state index contributed by atoms with van der Waals surface area (Å²) in [6, 6.07) is 0. The number of Topliss-reactive ketones (excluding diaryl/α,β-unsaturated/α-hetero) is 1. The number of nitrogens with zero attached hydrogens (tertiary/aromatic N) is 3. The predicted octanol–water partition coefficient (Wildman–Crippen LogP) is 2.30. The van der Waals surface area contributed by atoms with Gasteiger partial charge in [0.1, 0.15) is 12.1 Å². The van der Waals surface area contributed by atoms with Crippen LogP contribution in [0.5, 0.6) is 0 Å². The first kappa shape index (κ1) is 12.2. The largest absolute Gasteiger partial charge is 0.312 e. The number of hydrogen-bond acceptors (Lipinski definition) is 4. The van der Waals surface area contributed by atoms with E-state index in [0.29, 0.717) is 5.78 Å². The van der Waals surface area contributed by atoms with Crippen molar-refractivity contribution < 1.29 is 4.79 Å². The molecule has 2 aliphatic carbocycles. The minimum atomic E-state index is 0.0362. The van der Waals surface area contributed by atoms with Gasteiger partial charge >= 0.3 is 0 Å². The van der Waals surface area contributed by atoms with E-state index in [-0.39, 0.29) is 22.0 Å². The fourth-order valence-electron chi connectivity index (χ4n) is 3.66. The highest BCUT2D eigenvalue weighted by atomic mass is 32.2. The van der Waals surface area contributed by atoms with Crippen LogP contribution in [0.4, 0.5) is 0 Å². The Bertz CT molecular complexity index is 510. The molecule has 1 aromatic rings. The maximum atomic E-state index is 12.5. The molecule has 0 amide bonds. The lowest BCUT2D eigenvalue weighted by molar-refractivity contribution is -0.122. The molecular weight excluding hydrogens is 246 g/mol. The van der Waals surface area contributed by atoms with E-state index in [4.69, 9.17) is 0 Å². The van der Waals surface area contributed by atoms with E-state index in [1.54, 1.807) is 18.1 Å². The van der Waals surface area contributed by atoms with Crippen molar-refractivity contribution in [3.8, 4) is 0 Å². The summed E-state index contributed by atoms with van der Waals surface area (Å²) in [6.45, 7) is 6.77. The van der Waals surface area contributed by atoms with Crippen molar-refractivity contribution in [2.75, 3.05) is 0 Å². The molecule has 4 nitrogen and oxygen atoms in total. The lowest BCUT2D eigenvalue weighted by Gasteiger charge is -2.37. The van der Waals surface area contributed by atoms with Gasteiger partial charge < -0.3 is 4.57 Å². The number of aromatic nitrogens is 3. The van der Waals surface area contributed by atoms with Crippen molar-refractivity contribution in [3.63, 3.8) is 0 Å². The van der Waals surface area contributed by atoms with Gasteiger partial charge in [0.05, 0.1) is 5.25 Å².